The van der Waals surface area contributed by atoms with E-state index in [0.29, 0.717) is 21.3 Å². The van der Waals surface area contributed by atoms with E-state index in [9.17, 15) is 22.4 Å². The molecular formula is C23H25FN4O5S2. The van der Waals surface area contributed by atoms with Gasteiger partial charge in [-0.1, -0.05) is 6.07 Å². The Morgan fingerprint density at radius 3 is 2.71 bits per heavy atom. The van der Waals surface area contributed by atoms with Crippen LogP contribution in [0, 0.1) is 12.9 Å². The van der Waals surface area contributed by atoms with Crippen LogP contribution in [0.3, 0.4) is 0 Å². The van der Waals surface area contributed by atoms with Crippen LogP contribution < -0.4 is 10.6 Å². The lowest BCUT2D eigenvalue weighted by atomic mass is 10.1. The molecule has 4 rings (SSSR count). The number of hydrogen-bond donors (Lipinski definition) is 2. The molecule has 0 bridgehead atoms. The van der Waals surface area contributed by atoms with Gasteiger partial charge in [0.25, 0.3) is 0 Å². The summed E-state index contributed by atoms with van der Waals surface area (Å²) in [5.41, 5.74) is 2.37. The van der Waals surface area contributed by atoms with E-state index in [-0.39, 0.29) is 35.9 Å². The number of pyridine rings is 1. The predicted molar refractivity (Wildman–Crippen MR) is 130 cm³/mol. The Bertz CT molecular complexity index is 1370. The molecule has 2 amide bonds. The molecule has 0 aliphatic heterocycles. The number of aryl methyl sites for hydroxylation is 1. The minimum absolute atomic E-state index is 0.0831. The smallest absolute Gasteiger partial charge is 0.245 e. The number of carbonyl (C=O) groups is 2. The topological polar surface area (TPSA) is 127 Å². The largest absolute Gasteiger partial charge is 0.384 e. The lowest BCUT2D eigenvalue weighted by Gasteiger charge is -2.15. The number of hydrogen-bond acceptors (Lipinski definition) is 8. The van der Waals surface area contributed by atoms with E-state index in [2.05, 4.69) is 20.6 Å². The fourth-order valence-corrected chi connectivity index (χ4v) is 6.44. The van der Waals surface area contributed by atoms with Crippen molar-refractivity contribution in [3.63, 3.8) is 0 Å². The molecular weight excluding hydrogens is 495 g/mol. The maximum atomic E-state index is 13.6. The minimum Gasteiger partial charge on any atom is -0.384 e. The van der Waals surface area contributed by atoms with Crippen LogP contribution in [0.2, 0.25) is 0 Å². The molecule has 0 spiro atoms. The zero-order chi connectivity index (χ0) is 25.2. The second-order valence-electron chi connectivity index (χ2n) is 8.37. The number of sulfone groups is 1. The highest BCUT2D eigenvalue weighted by atomic mass is 32.2. The van der Waals surface area contributed by atoms with Crippen molar-refractivity contribution in [2.24, 2.45) is 0 Å². The molecule has 1 aromatic carbocycles. The maximum Gasteiger partial charge on any atom is 0.245 e. The molecule has 1 unspecified atom stereocenters. The maximum absolute atomic E-state index is 13.6. The van der Waals surface area contributed by atoms with Gasteiger partial charge in [0, 0.05) is 30.5 Å². The normalized spacial score (nSPS) is 14.6. The van der Waals surface area contributed by atoms with Crippen LogP contribution in [0.15, 0.2) is 30.5 Å². The number of rotatable bonds is 10. The second kappa shape index (κ2) is 10.3. The number of methoxy groups -OCH3 is 1. The van der Waals surface area contributed by atoms with Crippen molar-refractivity contribution in [2.75, 3.05) is 26.0 Å². The van der Waals surface area contributed by atoms with Crippen molar-refractivity contribution >= 4 is 43.2 Å². The summed E-state index contributed by atoms with van der Waals surface area (Å²) in [5.74, 6) is -2.11. The number of halogens is 1. The van der Waals surface area contributed by atoms with Gasteiger partial charge in [0.1, 0.15) is 5.01 Å². The van der Waals surface area contributed by atoms with Crippen LogP contribution in [-0.4, -0.2) is 62.3 Å². The zero-order valence-corrected chi connectivity index (χ0v) is 20.8. The Morgan fingerprint density at radius 1 is 1.26 bits per heavy atom. The first-order valence-corrected chi connectivity index (χ1v) is 13.5. The van der Waals surface area contributed by atoms with Gasteiger partial charge in [0.15, 0.2) is 15.1 Å². The van der Waals surface area contributed by atoms with Gasteiger partial charge >= 0.3 is 0 Å². The van der Waals surface area contributed by atoms with Gasteiger partial charge in [-0.25, -0.2) is 18.4 Å². The number of benzene rings is 1. The molecule has 35 heavy (non-hydrogen) atoms. The van der Waals surface area contributed by atoms with Gasteiger partial charge in [-0.2, -0.15) is 4.39 Å². The summed E-state index contributed by atoms with van der Waals surface area (Å²) in [6, 6.07) is 7.08. The van der Waals surface area contributed by atoms with E-state index < -0.39 is 26.9 Å². The standard InChI is InChI=1S/C23H25FN4O5S2/c1-13-9-15(11-25-21(13)24)14-3-6-17-18(10-14)34-23(28-17)20(35(31,32)8-7-33-2)22(30)26-12-19(29)27-16-4-5-16/h3,6,9-11,16,20H,4-5,7-8,12H2,1-2H3,(H,26,30)(H,27,29). The number of aromatic nitrogens is 2. The van der Waals surface area contributed by atoms with Crippen molar-refractivity contribution < 1.29 is 27.1 Å². The van der Waals surface area contributed by atoms with E-state index in [1.165, 1.54) is 13.3 Å². The first-order chi connectivity index (χ1) is 16.7. The average Bonchev–Trinajstić information content (AvgIpc) is 3.53. The third kappa shape index (κ3) is 6.00. The van der Waals surface area contributed by atoms with Crippen LogP contribution in [0.5, 0.6) is 0 Å². The fraction of sp³-hybridized carbons (Fsp3) is 0.391. The van der Waals surface area contributed by atoms with Crippen LogP contribution >= 0.6 is 11.3 Å². The molecule has 0 radical (unpaired) electrons. The van der Waals surface area contributed by atoms with Crippen LogP contribution in [0.4, 0.5) is 4.39 Å². The number of amides is 2. The lowest BCUT2D eigenvalue weighted by Crippen LogP contribution is -2.41. The molecule has 1 fully saturated rings. The first kappa shape index (κ1) is 25.1. The number of carbonyl (C=O) groups excluding carboxylic acids is 2. The van der Waals surface area contributed by atoms with Crippen molar-refractivity contribution in [2.45, 2.75) is 31.1 Å². The van der Waals surface area contributed by atoms with Crippen molar-refractivity contribution in [3.05, 3.63) is 47.0 Å². The summed E-state index contributed by atoms with van der Waals surface area (Å²) in [6.07, 6.45) is 3.22. The highest BCUT2D eigenvalue weighted by Crippen LogP contribution is 2.34. The van der Waals surface area contributed by atoms with Crippen molar-refractivity contribution in [3.8, 4) is 11.1 Å². The number of ether oxygens (including phenoxy) is 1. The SMILES string of the molecule is COCCS(=O)(=O)C(C(=O)NCC(=O)NC1CC1)c1nc2ccc(-c3cnc(F)c(C)c3)cc2s1. The first-order valence-electron chi connectivity index (χ1n) is 11.0. The van der Waals surface area contributed by atoms with Crippen molar-refractivity contribution in [1.29, 1.82) is 0 Å². The number of fused-ring (bicyclic) bond motifs is 1. The molecule has 0 saturated heterocycles. The van der Waals surface area contributed by atoms with Crippen molar-refractivity contribution in [1.82, 2.24) is 20.6 Å². The summed E-state index contributed by atoms with van der Waals surface area (Å²) in [7, 11) is -2.62. The summed E-state index contributed by atoms with van der Waals surface area (Å²) in [5, 5.41) is 3.71. The molecule has 186 valence electrons. The van der Waals surface area contributed by atoms with Crippen LogP contribution in [-0.2, 0) is 24.2 Å². The van der Waals surface area contributed by atoms with E-state index in [0.717, 1.165) is 29.7 Å². The van der Waals surface area contributed by atoms with E-state index >= 15 is 0 Å². The molecule has 2 heterocycles. The van der Waals surface area contributed by atoms with Crippen LogP contribution in [0.1, 0.15) is 28.7 Å². The molecule has 3 aromatic rings. The van der Waals surface area contributed by atoms with Gasteiger partial charge in [0.05, 0.1) is 29.1 Å². The quantitative estimate of drug-likeness (QED) is 0.393. The number of nitrogens with one attached hydrogen (secondary N) is 2. The predicted octanol–water partition coefficient (Wildman–Crippen LogP) is 2.30. The molecule has 1 aliphatic rings. The van der Waals surface area contributed by atoms with Gasteiger partial charge in [-0.05, 0) is 43.5 Å². The Balaban J connectivity index is 1.63. The summed E-state index contributed by atoms with van der Waals surface area (Å²) >= 11 is 1.08. The Morgan fingerprint density at radius 2 is 2.03 bits per heavy atom. The molecule has 1 saturated carbocycles. The van der Waals surface area contributed by atoms with E-state index in [1.807, 2.05) is 0 Å². The van der Waals surface area contributed by atoms with Crippen LogP contribution in [0.25, 0.3) is 21.3 Å². The van der Waals surface area contributed by atoms with Gasteiger partial charge in [-0.3, -0.25) is 9.59 Å². The summed E-state index contributed by atoms with van der Waals surface area (Å²) < 4.78 is 45.3. The third-order valence-corrected chi connectivity index (χ3v) is 8.64. The van der Waals surface area contributed by atoms with E-state index in [4.69, 9.17) is 4.74 Å². The Kier molecular flexibility index (Phi) is 7.43. The Labute approximate surface area is 206 Å². The highest BCUT2D eigenvalue weighted by Gasteiger charge is 2.37. The summed E-state index contributed by atoms with van der Waals surface area (Å²) in [4.78, 5) is 33.2. The molecule has 12 heteroatoms. The average molecular weight is 521 g/mol. The third-order valence-electron chi connectivity index (χ3n) is 5.51. The molecule has 1 atom stereocenters. The minimum atomic E-state index is -3.99. The Hall–Kier alpha value is -2.96. The molecule has 1 aliphatic carbocycles. The summed E-state index contributed by atoms with van der Waals surface area (Å²) in [6.45, 7) is 1.21. The zero-order valence-electron chi connectivity index (χ0n) is 19.2. The number of nitrogens with zero attached hydrogens (tertiary/aromatic N) is 2. The fourth-order valence-electron chi connectivity index (χ4n) is 3.46. The number of thiazole rings is 1. The van der Waals surface area contributed by atoms with Gasteiger partial charge in [0.2, 0.25) is 17.8 Å². The molecule has 2 aromatic heterocycles. The van der Waals surface area contributed by atoms with Gasteiger partial charge in [-0.15, -0.1) is 11.3 Å². The molecule has 9 nitrogen and oxygen atoms in total. The highest BCUT2D eigenvalue weighted by molar-refractivity contribution is 7.92. The second-order valence-corrected chi connectivity index (χ2v) is 11.6. The van der Waals surface area contributed by atoms with Gasteiger partial charge < -0.3 is 15.4 Å². The lowest BCUT2D eigenvalue weighted by molar-refractivity contribution is -0.126. The molecule has 2 N–H and O–H groups in total. The van der Waals surface area contributed by atoms with E-state index in [1.54, 1.807) is 31.2 Å². The monoisotopic (exact) mass is 520 g/mol.